The van der Waals surface area contributed by atoms with Gasteiger partial charge in [0, 0.05) is 18.7 Å². The van der Waals surface area contributed by atoms with Crippen molar-refractivity contribution >= 4 is 17.5 Å². The molecular formula is C28H30N2O4. The number of hydrogen-bond donors (Lipinski definition) is 1. The molecule has 0 saturated heterocycles. The second kappa shape index (κ2) is 10.4. The number of hydrogen-bond acceptors (Lipinski definition) is 4. The first kappa shape index (κ1) is 23.4. The van der Waals surface area contributed by atoms with Gasteiger partial charge in [-0.2, -0.15) is 0 Å². The molecule has 0 spiro atoms. The molecule has 2 amide bonds. The molecule has 0 bridgehead atoms. The monoisotopic (exact) mass is 458 g/mol. The van der Waals surface area contributed by atoms with Crippen LogP contribution in [0.5, 0.6) is 11.5 Å². The lowest BCUT2D eigenvalue weighted by Crippen LogP contribution is -2.40. The number of nitrogens with zero attached hydrogens (tertiary/aromatic N) is 1. The van der Waals surface area contributed by atoms with Gasteiger partial charge in [0.15, 0.2) is 6.61 Å². The second-order valence-electron chi connectivity index (χ2n) is 8.43. The van der Waals surface area contributed by atoms with Crippen molar-refractivity contribution < 1.29 is 19.1 Å². The molecule has 0 saturated carbocycles. The van der Waals surface area contributed by atoms with Crippen molar-refractivity contribution in [2.45, 2.75) is 32.7 Å². The molecule has 6 nitrogen and oxygen atoms in total. The van der Waals surface area contributed by atoms with Crippen molar-refractivity contribution in [3.63, 3.8) is 0 Å². The van der Waals surface area contributed by atoms with Gasteiger partial charge in [-0.05, 0) is 66.4 Å². The Kier molecular flexibility index (Phi) is 7.16. The van der Waals surface area contributed by atoms with Gasteiger partial charge in [-0.1, -0.05) is 42.8 Å². The van der Waals surface area contributed by atoms with Crippen LogP contribution in [0.15, 0.2) is 66.7 Å². The lowest BCUT2D eigenvalue weighted by Gasteiger charge is -2.38. The molecule has 1 aliphatic heterocycles. The van der Waals surface area contributed by atoms with Crippen LogP contribution < -0.4 is 14.8 Å². The van der Waals surface area contributed by atoms with Gasteiger partial charge in [0.05, 0.1) is 13.2 Å². The van der Waals surface area contributed by atoms with E-state index in [1.54, 1.807) is 31.4 Å². The Balaban J connectivity index is 1.53. The summed E-state index contributed by atoms with van der Waals surface area (Å²) < 4.78 is 11.0. The topological polar surface area (TPSA) is 67.9 Å². The summed E-state index contributed by atoms with van der Waals surface area (Å²) in [6.45, 7) is 4.52. The normalized spacial score (nSPS) is 14.8. The van der Waals surface area contributed by atoms with E-state index >= 15 is 0 Å². The first-order chi connectivity index (χ1) is 16.5. The van der Waals surface area contributed by atoms with Crippen molar-refractivity contribution in [1.82, 2.24) is 4.90 Å². The summed E-state index contributed by atoms with van der Waals surface area (Å²) in [7, 11) is 1.60. The first-order valence-electron chi connectivity index (χ1n) is 11.5. The van der Waals surface area contributed by atoms with Gasteiger partial charge in [-0.25, -0.2) is 0 Å². The van der Waals surface area contributed by atoms with Gasteiger partial charge in [0.1, 0.15) is 11.5 Å². The predicted molar refractivity (Wildman–Crippen MR) is 132 cm³/mol. The Morgan fingerprint density at radius 2 is 1.71 bits per heavy atom. The molecule has 3 aromatic carbocycles. The number of carbonyl (C=O) groups is 2. The molecular weight excluding hydrogens is 428 g/mol. The molecule has 1 heterocycles. The van der Waals surface area contributed by atoms with Gasteiger partial charge < -0.3 is 19.7 Å². The molecule has 176 valence electrons. The van der Waals surface area contributed by atoms with E-state index in [-0.39, 0.29) is 24.5 Å². The van der Waals surface area contributed by atoms with E-state index < -0.39 is 0 Å². The standard InChI is InChI=1S/C28H30N2O4/c1-4-27(32)30-16-15-20-9-12-24(17-25(20)28(30)21-7-5-19(2)6-8-21)34-18-26(31)29-22-10-13-23(33-3)14-11-22/h5-14,17,28H,4,15-16,18H2,1-3H3,(H,29,31)/t28-/m1/s1. The third-order valence-electron chi connectivity index (χ3n) is 6.11. The summed E-state index contributed by atoms with van der Waals surface area (Å²) >= 11 is 0. The highest BCUT2D eigenvalue weighted by molar-refractivity contribution is 5.91. The highest BCUT2D eigenvalue weighted by Gasteiger charge is 2.31. The van der Waals surface area contributed by atoms with Crippen molar-refractivity contribution in [3.8, 4) is 11.5 Å². The molecule has 4 rings (SSSR count). The fourth-order valence-corrected chi connectivity index (χ4v) is 4.28. The van der Waals surface area contributed by atoms with Gasteiger partial charge in [-0.15, -0.1) is 0 Å². The zero-order valence-electron chi connectivity index (χ0n) is 19.8. The predicted octanol–water partition coefficient (Wildman–Crippen LogP) is 4.91. The fraction of sp³-hybridized carbons (Fsp3) is 0.286. The van der Waals surface area contributed by atoms with Crippen LogP contribution in [0.2, 0.25) is 0 Å². The maximum atomic E-state index is 12.8. The molecule has 1 aliphatic rings. The smallest absolute Gasteiger partial charge is 0.262 e. The first-order valence-corrected chi connectivity index (χ1v) is 11.5. The number of nitrogens with one attached hydrogen (secondary N) is 1. The van der Waals surface area contributed by atoms with Crippen LogP contribution in [-0.2, 0) is 16.0 Å². The van der Waals surface area contributed by atoms with Crippen LogP contribution in [0, 0.1) is 6.92 Å². The summed E-state index contributed by atoms with van der Waals surface area (Å²) in [6.07, 6.45) is 1.25. The van der Waals surface area contributed by atoms with Crippen molar-refractivity contribution in [2.75, 3.05) is 25.6 Å². The average Bonchev–Trinajstić information content (AvgIpc) is 2.87. The molecule has 0 radical (unpaired) electrons. The summed E-state index contributed by atoms with van der Waals surface area (Å²) in [4.78, 5) is 27.1. The third kappa shape index (κ3) is 5.22. The highest BCUT2D eigenvalue weighted by Crippen LogP contribution is 2.37. The maximum absolute atomic E-state index is 12.8. The number of ether oxygens (including phenoxy) is 2. The molecule has 3 aromatic rings. The minimum Gasteiger partial charge on any atom is -0.497 e. The SMILES string of the molecule is CCC(=O)N1CCc2ccc(OCC(=O)Nc3ccc(OC)cc3)cc2[C@H]1c1ccc(C)cc1. The summed E-state index contributed by atoms with van der Waals surface area (Å²) in [5, 5.41) is 2.82. The number of benzene rings is 3. The number of fused-ring (bicyclic) bond motifs is 1. The summed E-state index contributed by atoms with van der Waals surface area (Å²) in [5.74, 6) is 1.20. The Hall–Kier alpha value is -3.80. The van der Waals surface area contributed by atoms with E-state index in [9.17, 15) is 9.59 Å². The number of amides is 2. The Morgan fingerprint density at radius 1 is 1.00 bits per heavy atom. The quantitative estimate of drug-likeness (QED) is 0.547. The minimum absolute atomic E-state index is 0.113. The van der Waals surface area contributed by atoms with E-state index in [4.69, 9.17) is 9.47 Å². The third-order valence-corrected chi connectivity index (χ3v) is 6.11. The van der Waals surface area contributed by atoms with Crippen LogP contribution in [-0.4, -0.2) is 37.0 Å². The Morgan fingerprint density at radius 3 is 2.38 bits per heavy atom. The van der Waals surface area contributed by atoms with Gasteiger partial charge in [-0.3, -0.25) is 9.59 Å². The molecule has 1 atom stereocenters. The number of aryl methyl sites for hydroxylation is 1. The van der Waals surface area contributed by atoms with Crippen molar-refractivity contribution in [3.05, 3.63) is 89.0 Å². The molecule has 1 N–H and O–H groups in total. The molecule has 0 aliphatic carbocycles. The van der Waals surface area contributed by atoms with Crippen molar-refractivity contribution in [1.29, 1.82) is 0 Å². The van der Waals surface area contributed by atoms with Gasteiger partial charge in [0.2, 0.25) is 5.91 Å². The Bertz CT molecular complexity index is 1160. The van der Waals surface area contributed by atoms with Crippen LogP contribution >= 0.6 is 0 Å². The van der Waals surface area contributed by atoms with E-state index in [0.29, 0.717) is 24.4 Å². The van der Waals surface area contributed by atoms with Crippen LogP contribution in [0.4, 0.5) is 5.69 Å². The zero-order chi connectivity index (χ0) is 24.1. The van der Waals surface area contributed by atoms with E-state index in [2.05, 4.69) is 36.5 Å². The maximum Gasteiger partial charge on any atom is 0.262 e. The molecule has 34 heavy (non-hydrogen) atoms. The average molecular weight is 459 g/mol. The highest BCUT2D eigenvalue weighted by atomic mass is 16.5. The number of methoxy groups -OCH3 is 1. The fourth-order valence-electron chi connectivity index (χ4n) is 4.28. The summed E-state index contributed by atoms with van der Waals surface area (Å²) in [6, 6.07) is 21.2. The largest absolute Gasteiger partial charge is 0.497 e. The molecule has 0 unspecified atom stereocenters. The number of rotatable bonds is 7. The van der Waals surface area contributed by atoms with E-state index in [1.165, 1.54) is 11.1 Å². The molecule has 6 heteroatoms. The lowest BCUT2D eigenvalue weighted by molar-refractivity contribution is -0.132. The summed E-state index contributed by atoms with van der Waals surface area (Å²) in [5.41, 5.74) is 5.16. The van der Waals surface area contributed by atoms with Crippen molar-refractivity contribution in [2.24, 2.45) is 0 Å². The number of carbonyl (C=O) groups excluding carboxylic acids is 2. The van der Waals surface area contributed by atoms with E-state index in [0.717, 1.165) is 23.3 Å². The van der Waals surface area contributed by atoms with Gasteiger partial charge >= 0.3 is 0 Å². The van der Waals surface area contributed by atoms with E-state index in [1.807, 2.05) is 30.0 Å². The zero-order valence-corrected chi connectivity index (χ0v) is 19.8. The number of anilines is 1. The van der Waals surface area contributed by atoms with Gasteiger partial charge in [0.25, 0.3) is 5.91 Å². The Labute approximate surface area is 200 Å². The van der Waals surface area contributed by atoms with Crippen LogP contribution in [0.3, 0.4) is 0 Å². The molecule has 0 aromatic heterocycles. The van der Waals surface area contributed by atoms with Crippen LogP contribution in [0.1, 0.15) is 41.6 Å². The minimum atomic E-state index is -0.249. The lowest BCUT2D eigenvalue weighted by atomic mass is 9.87. The molecule has 0 fully saturated rings. The second-order valence-corrected chi connectivity index (χ2v) is 8.43. The van der Waals surface area contributed by atoms with Crippen LogP contribution in [0.25, 0.3) is 0 Å².